The molecule has 1 saturated heterocycles. The van der Waals surface area contributed by atoms with Crippen molar-refractivity contribution in [2.75, 3.05) is 25.0 Å². The lowest BCUT2D eigenvalue weighted by atomic mass is 10.2. The zero-order valence-corrected chi connectivity index (χ0v) is 12.5. The fraction of sp³-hybridized carbons (Fsp3) is 0.667. The van der Waals surface area contributed by atoms with Crippen LogP contribution in [-0.4, -0.2) is 29.5 Å². The van der Waals surface area contributed by atoms with E-state index < -0.39 is 0 Å². The second-order valence-corrected chi connectivity index (χ2v) is 5.65. The van der Waals surface area contributed by atoms with E-state index in [0.717, 1.165) is 36.0 Å². The van der Waals surface area contributed by atoms with Crippen molar-refractivity contribution < 1.29 is 0 Å². The second-order valence-electron chi connectivity index (χ2n) is 5.24. The number of pyridine rings is 1. The summed E-state index contributed by atoms with van der Waals surface area (Å²) in [5.41, 5.74) is 1.00. The standard InChI is InChI=1S/C15H24ClN3/c1-2-9-17-15-8-7-13(16)14(18-15)12-19-10-5-3-4-6-11-19/h7-8H,2-6,9-12H2,1H3,(H,17,18). The molecule has 1 fully saturated rings. The van der Waals surface area contributed by atoms with Gasteiger partial charge in [-0.25, -0.2) is 4.98 Å². The van der Waals surface area contributed by atoms with Crippen LogP contribution in [0, 0.1) is 0 Å². The summed E-state index contributed by atoms with van der Waals surface area (Å²) in [4.78, 5) is 7.13. The maximum atomic E-state index is 6.27. The van der Waals surface area contributed by atoms with Gasteiger partial charge in [-0.05, 0) is 44.5 Å². The number of likely N-dealkylation sites (tertiary alicyclic amines) is 1. The van der Waals surface area contributed by atoms with Crippen molar-refractivity contribution in [3.63, 3.8) is 0 Å². The van der Waals surface area contributed by atoms with E-state index in [1.54, 1.807) is 0 Å². The number of aromatic nitrogens is 1. The molecule has 1 aromatic rings. The molecule has 2 rings (SSSR count). The largest absolute Gasteiger partial charge is 0.370 e. The molecule has 1 aromatic heterocycles. The van der Waals surface area contributed by atoms with Crippen LogP contribution in [0.5, 0.6) is 0 Å². The Labute approximate surface area is 121 Å². The summed E-state index contributed by atoms with van der Waals surface area (Å²) in [5, 5.41) is 4.11. The van der Waals surface area contributed by atoms with Crippen LogP contribution < -0.4 is 5.32 Å². The number of hydrogen-bond donors (Lipinski definition) is 1. The average molecular weight is 282 g/mol. The van der Waals surface area contributed by atoms with Crippen LogP contribution in [0.4, 0.5) is 5.82 Å². The highest BCUT2D eigenvalue weighted by molar-refractivity contribution is 6.31. The molecular formula is C15H24ClN3. The van der Waals surface area contributed by atoms with Crippen molar-refractivity contribution in [3.8, 4) is 0 Å². The first-order valence-corrected chi connectivity index (χ1v) is 7.79. The van der Waals surface area contributed by atoms with Crippen LogP contribution in [0.2, 0.25) is 5.02 Å². The van der Waals surface area contributed by atoms with Crippen LogP contribution >= 0.6 is 11.6 Å². The molecule has 3 nitrogen and oxygen atoms in total. The molecule has 1 N–H and O–H groups in total. The molecule has 19 heavy (non-hydrogen) atoms. The fourth-order valence-corrected chi connectivity index (χ4v) is 2.62. The lowest BCUT2D eigenvalue weighted by Crippen LogP contribution is -2.24. The maximum absolute atomic E-state index is 6.27. The number of nitrogens with one attached hydrogen (secondary N) is 1. The molecular weight excluding hydrogens is 258 g/mol. The van der Waals surface area contributed by atoms with E-state index in [9.17, 15) is 0 Å². The Hall–Kier alpha value is -0.800. The first kappa shape index (κ1) is 14.6. The third-order valence-electron chi connectivity index (χ3n) is 3.55. The molecule has 0 amide bonds. The van der Waals surface area contributed by atoms with E-state index in [1.807, 2.05) is 12.1 Å². The van der Waals surface area contributed by atoms with Crippen LogP contribution in [-0.2, 0) is 6.54 Å². The van der Waals surface area contributed by atoms with E-state index in [1.165, 1.54) is 38.8 Å². The molecule has 0 aromatic carbocycles. The monoisotopic (exact) mass is 281 g/mol. The SMILES string of the molecule is CCCNc1ccc(Cl)c(CN2CCCCCC2)n1. The van der Waals surface area contributed by atoms with Crippen molar-refractivity contribution in [3.05, 3.63) is 22.8 Å². The van der Waals surface area contributed by atoms with Gasteiger partial charge in [0.15, 0.2) is 0 Å². The Morgan fingerprint density at radius 1 is 1.21 bits per heavy atom. The molecule has 0 unspecified atom stereocenters. The number of halogens is 1. The van der Waals surface area contributed by atoms with Crippen LogP contribution in [0.3, 0.4) is 0 Å². The minimum atomic E-state index is 0.784. The summed E-state index contributed by atoms with van der Waals surface area (Å²) in [6.45, 7) is 6.33. The molecule has 1 aliphatic rings. The number of rotatable bonds is 5. The molecule has 4 heteroatoms. The lowest BCUT2D eigenvalue weighted by Gasteiger charge is -2.20. The third-order valence-corrected chi connectivity index (χ3v) is 3.89. The molecule has 0 aliphatic carbocycles. The van der Waals surface area contributed by atoms with Gasteiger partial charge in [0.05, 0.1) is 10.7 Å². The highest BCUT2D eigenvalue weighted by atomic mass is 35.5. The molecule has 0 radical (unpaired) electrons. The molecule has 2 heterocycles. The highest BCUT2D eigenvalue weighted by Gasteiger charge is 2.12. The second kappa shape index (κ2) is 7.71. The molecule has 0 spiro atoms. The van der Waals surface area contributed by atoms with Gasteiger partial charge in [-0.15, -0.1) is 0 Å². The van der Waals surface area contributed by atoms with Gasteiger partial charge < -0.3 is 5.32 Å². The zero-order valence-electron chi connectivity index (χ0n) is 11.8. The van der Waals surface area contributed by atoms with Crippen molar-refractivity contribution in [1.82, 2.24) is 9.88 Å². The summed E-state index contributed by atoms with van der Waals surface area (Å²) >= 11 is 6.27. The van der Waals surface area contributed by atoms with Gasteiger partial charge in [0, 0.05) is 13.1 Å². The van der Waals surface area contributed by atoms with Gasteiger partial charge in [-0.1, -0.05) is 31.4 Å². The summed E-state index contributed by atoms with van der Waals surface area (Å²) in [7, 11) is 0. The fourth-order valence-electron chi connectivity index (χ4n) is 2.45. The van der Waals surface area contributed by atoms with Crippen LogP contribution in [0.15, 0.2) is 12.1 Å². The van der Waals surface area contributed by atoms with Crippen molar-refractivity contribution in [2.45, 2.75) is 45.6 Å². The van der Waals surface area contributed by atoms with Gasteiger partial charge in [-0.3, -0.25) is 4.90 Å². The normalized spacial score (nSPS) is 17.2. The number of hydrogen-bond acceptors (Lipinski definition) is 3. The van der Waals surface area contributed by atoms with Crippen molar-refractivity contribution in [1.29, 1.82) is 0 Å². The van der Waals surface area contributed by atoms with E-state index in [2.05, 4.69) is 22.1 Å². The summed E-state index contributed by atoms with van der Waals surface area (Å²) < 4.78 is 0. The predicted molar refractivity (Wildman–Crippen MR) is 81.8 cm³/mol. The third kappa shape index (κ3) is 4.66. The smallest absolute Gasteiger partial charge is 0.126 e. The predicted octanol–water partition coefficient (Wildman–Crippen LogP) is 3.93. The minimum Gasteiger partial charge on any atom is -0.370 e. The summed E-state index contributed by atoms with van der Waals surface area (Å²) in [6, 6.07) is 3.92. The Morgan fingerprint density at radius 3 is 2.63 bits per heavy atom. The quantitative estimate of drug-likeness (QED) is 0.886. The van der Waals surface area contributed by atoms with Gasteiger partial charge in [0.1, 0.15) is 5.82 Å². The minimum absolute atomic E-state index is 0.784. The van der Waals surface area contributed by atoms with Gasteiger partial charge in [0.2, 0.25) is 0 Å². The topological polar surface area (TPSA) is 28.2 Å². The molecule has 1 aliphatic heterocycles. The van der Waals surface area contributed by atoms with Crippen molar-refractivity contribution in [2.24, 2.45) is 0 Å². The summed E-state index contributed by atoms with van der Waals surface area (Å²) in [6.07, 6.45) is 6.41. The Bertz CT molecular complexity index is 387. The lowest BCUT2D eigenvalue weighted by molar-refractivity contribution is 0.274. The first-order chi connectivity index (χ1) is 9.29. The van der Waals surface area contributed by atoms with Gasteiger partial charge in [-0.2, -0.15) is 0 Å². The number of anilines is 1. The Morgan fingerprint density at radius 2 is 1.95 bits per heavy atom. The van der Waals surface area contributed by atoms with Crippen molar-refractivity contribution >= 4 is 17.4 Å². The van der Waals surface area contributed by atoms with E-state index >= 15 is 0 Å². The molecule has 0 bridgehead atoms. The maximum Gasteiger partial charge on any atom is 0.126 e. The Kier molecular flexibility index (Phi) is 5.93. The van der Waals surface area contributed by atoms with Crippen LogP contribution in [0.1, 0.15) is 44.7 Å². The van der Waals surface area contributed by atoms with E-state index in [4.69, 9.17) is 11.6 Å². The summed E-state index contributed by atoms with van der Waals surface area (Å²) in [5.74, 6) is 0.941. The van der Waals surface area contributed by atoms with Crippen LogP contribution in [0.25, 0.3) is 0 Å². The van der Waals surface area contributed by atoms with Gasteiger partial charge in [0.25, 0.3) is 0 Å². The molecule has 106 valence electrons. The van der Waals surface area contributed by atoms with E-state index in [0.29, 0.717) is 0 Å². The van der Waals surface area contributed by atoms with Gasteiger partial charge >= 0.3 is 0 Å². The zero-order chi connectivity index (χ0) is 13.5. The first-order valence-electron chi connectivity index (χ1n) is 7.41. The molecule has 0 saturated carbocycles. The Balaban J connectivity index is 2.00. The average Bonchev–Trinajstić information content (AvgIpc) is 2.68. The molecule has 0 atom stereocenters. The van der Waals surface area contributed by atoms with E-state index in [-0.39, 0.29) is 0 Å². The number of nitrogens with zero attached hydrogens (tertiary/aromatic N) is 2. The highest BCUT2D eigenvalue weighted by Crippen LogP contribution is 2.20.